The molecule has 152 valence electrons. The molecule has 1 amide bonds. The van der Waals surface area contributed by atoms with Gasteiger partial charge in [-0.25, -0.2) is 4.79 Å². The van der Waals surface area contributed by atoms with Crippen LogP contribution in [0.25, 0.3) is 0 Å². The molecule has 0 saturated carbocycles. The minimum absolute atomic E-state index is 0.158. The molecule has 1 aliphatic rings. The second-order valence-corrected chi connectivity index (χ2v) is 11.4. The Bertz CT molecular complexity index is 573. The van der Waals surface area contributed by atoms with Crippen molar-refractivity contribution in [2.24, 2.45) is 5.41 Å². The maximum atomic E-state index is 13.5. The summed E-state index contributed by atoms with van der Waals surface area (Å²) in [7, 11) is 1.01. The van der Waals surface area contributed by atoms with Gasteiger partial charge in [0, 0.05) is 14.2 Å². The summed E-state index contributed by atoms with van der Waals surface area (Å²) >= 11 is 0. The van der Waals surface area contributed by atoms with Crippen LogP contribution in [-0.2, 0) is 18.3 Å². The van der Waals surface area contributed by atoms with Gasteiger partial charge in [-0.15, -0.1) is 6.58 Å². The molecule has 7 nitrogen and oxygen atoms in total. The summed E-state index contributed by atoms with van der Waals surface area (Å²) in [6.07, 6.45) is 1.22. The van der Waals surface area contributed by atoms with Crippen molar-refractivity contribution in [3.8, 4) is 0 Å². The molecule has 8 heteroatoms. The highest BCUT2D eigenvalue weighted by Gasteiger charge is 2.63. The van der Waals surface area contributed by atoms with Gasteiger partial charge in [0.25, 0.3) is 0 Å². The van der Waals surface area contributed by atoms with E-state index in [1.54, 1.807) is 11.0 Å². The Labute approximate surface area is 158 Å². The van der Waals surface area contributed by atoms with Crippen molar-refractivity contribution in [3.63, 3.8) is 0 Å². The van der Waals surface area contributed by atoms with Crippen molar-refractivity contribution < 1.29 is 23.1 Å². The maximum Gasteiger partial charge on any atom is 0.411 e. The van der Waals surface area contributed by atoms with E-state index < -0.39 is 24.6 Å². The van der Waals surface area contributed by atoms with Crippen LogP contribution in [0.5, 0.6) is 0 Å². The average molecular weight is 390 g/mol. The van der Waals surface area contributed by atoms with Crippen LogP contribution < -0.4 is 0 Å². The van der Waals surface area contributed by atoms with E-state index in [2.05, 4.69) is 6.58 Å². The molecule has 0 radical (unpaired) electrons. The summed E-state index contributed by atoms with van der Waals surface area (Å²) in [6.45, 7) is 15.5. The second kappa shape index (κ2) is 7.63. The number of carbonyl (C=O) groups is 1. The Morgan fingerprint density at radius 3 is 2.08 bits per heavy atom. The van der Waals surface area contributed by atoms with Crippen molar-refractivity contribution >= 4 is 13.7 Å². The number of amides is 1. The number of nitrogens with zero attached hydrogens (tertiary/aromatic N) is 2. The van der Waals surface area contributed by atoms with Crippen LogP contribution in [0, 0.1) is 5.41 Å². The molecule has 1 saturated heterocycles. The minimum Gasteiger partial charge on any atom is -0.444 e. The van der Waals surface area contributed by atoms with Gasteiger partial charge in [0.1, 0.15) is 10.9 Å². The fourth-order valence-corrected chi connectivity index (χ4v) is 5.69. The molecule has 0 unspecified atom stereocenters. The highest BCUT2D eigenvalue weighted by molar-refractivity contribution is 7.55. The Morgan fingerprint density at radius 1 is 1.23 bits per heavy atom. The standard InChI is InChI=1S/C18H35N2O5P/c1-11-12-18(26(22,23-9)24-10)13-20(15(21)25-17(5,6)7)14(19(18)8)16(2,3)4/h11,14H,1,12-13H2,2-10H3/t14-,18-/m0/s1. The van der Waals surface area contributed by atoms with E-state index in [4.69, 9.17) is 13.8 Å². The topological polar surface area (TPSA) is 68.3 Å². The zero-order chi connectivity index (χ0) is 20.6. The first-order valence-electron chi connectivity index (χ1n) is 8.74. The van der Waals surface area contributed by atoms with Gasteiger partial charge >= 0.3 is 13.7 Å². The molecular formula is C18H35N2O5P. The van der Waals surface area contributed by atoms with Crippen LogP contribution in [0.15, 0.2) is 12.7 Å². The summed E-state index contributed by atoms with van der Waals surface area (Å²) in [4.78, 5) is 16.5. The fourth-order valence-electron chi connectivity index (χ4n) is 3.69. The van der Waals surface area contributed by atoms with Gasteiger partial charge in [-0.2, -0.15) is 0 Å². The summed E-state index contributed by atoms with van der Waals surface area (Å²) in [5.74, 6) is 0. The van der Waals surface area contributed by atoms with Gasteiger partial charge < -0.3 is 13.8 Å². The molecular weight excluding hydrogens is 355 g/mol. The molecule has 2 atom stereocenters. The molecule has 0 spiro atoms. The predicted octanol–water partition coefficient (Wildman–Crippen LogP) is 4.30. The monoisotopic (exact) mass is 390 g/mol. The number of rotatable bonds is 5. The molecule has 0 bridgehead atoms. The quantitative estimate of drug-likeness (QED) is 0.515. The molecule has 0 aromatic heterocycles. The third kappa shape index (κ3) is 4.16. The van der Waals surface area contributed by atoms with Crippen molar-refractivity contribution in [2.45, 2.75) is 65.0 Å². The van der Waals surface area contributed by atoms with Crippen molar-refractivity contribution in [1.82, 2.24) is 9.80 Å². The Kier molecular flexibility index (Phi) is 6.79. The Morgan fingerprint density at radius 2 is 1.73 bits per heavy atom. The van der Waals surface area contributed by atoms with Crippen LogP contribution in [0.4, 0.5) is 4.79 Å². The zero-order valence-corrected chi connectivity index (χ0v) is 18.6. The lowest BCUT2D eigenvalue weighted by atomic mass is 9.91. The highest BCUT2D eigenvalue weighted by atomic mass is 31.2. The van der Waals surface area contributed by atoms with E-state index in [0.29, 0.717) is 6.42 Å². The number of likely N-dealkylation sites (N-methyl/N-ethyl adjacent to an activating group) is 1. The Balaban J connectivity index is 3.51. The fraction of sp³-hybridized carbons (Fsp3) is 0.833. The second-order valence-electron chi connectivity index (χ2n) is 8.80. The highest BCUT2D eigenvalue weighted by Crippen LogP contribution is 2.65. The lowest BCUT2D eigenvalue weighted by molar-refractivity contribution is -0.00853. The van der Waals surface area contributed by atoms with Gasteiger partial charge in [0.2, 0.25) is 0 Å². The predicted molar refractivity (Wildman–Crippen MR) is 103 cm³/mol. The van der Waals surface area contributed by atoms with E-state index in [1.165, 1.54) is 14.2 Å². The van der Waals surface area contributed by atoms with Crippen molar-refractivity contribution in [3.05, 3.63) is 12.7 Å². The number of carbonyl (C=O) groups excluding carboxylic acids is 1. The molecule has 1 aliphatic heterocycles. The number of hydrogen-bond donors (Lipinski definition) is 0. The van der Waals surface area contributed by atoms with Crippen molar-refractivity contribution in [2.75, 3.05) is 27.8 Å². The minimum atomic E-state index is -3.56. The van der Waals surface area contributed by atoms with E-state index >= 15 is 0 Å². The van der Waals surface area contributed by atoms with Crippen LogP contribution in [0.2, 0.25) is 0 Å². The molecule has 0 aromatic rings. The molecule has 0 aliphatic carbocycles. The first kappa shape index (κ1) is 23.2. The molecule has 1 heterocycles. The zero-order valence-electron chi connectivity index (χ0n) is 17.7. The SMILES string of the molecule is C=CC[C@]1(P(=O)(OC)OC)CN(C(=O)OC(C)(C)C)[C@@H](C(C)(C)C)N1C. The third-order valence-corrected chi connectivity index (χ3v) is 7.23. The van der Waals surface area contributed by atoms with Crippen LogP contribution in [0.1, 0.15) is 48.0 Å². The van der Waals surface area contributed by atoms with Gasteiger partial charge in [-0.1, -0.05) is 26.8 Å². The van der Waals surface area contributed by atoms with E-state index in [-0.39, 0.29) is 18.1 Å². The molecule has 0 N–H and O–H groups in total. The lowest BCUT2D eigenvalue weighted by Crippen LogP contribution is -2.52. The molecule has 0 aromatic carbocycles. The van der Waals surface area contributed by atoms with Gasteiger partial charge in [0.05, 0.1) is 12.7 Å². The molecule has 26 heavy (non-hydrogen) atoms. The summed E-state index contributed by atoms with van der Waals surface area (Å²) in [6, 6.07) is 0. The Hall–Kier alpha value is -0.880. The average Bonchev–Trinajstić information content (AvgIpc) is 2.80. The van der Waals surface area contributed by atoms with Crippen molar-refractivity contribution in [1.29, 1.82) is 0 Å². The first-order valence-corrected chi connectivity index (χ1v) is 10.3. The largest absolute Gasteiger partial charge is 0.444 e. The molecule has 1 fully saturated rings. The van der Waals surface area contributed by atoms with E-state index in [9.17, 15) is 9.36 Å². The van der Waals surface area contributed by atoms with Gasteiger partial charge in [-0.3, -0.25) is 14.4 Å². The van der Waals surface area contributed by atoms with Crippen LogP contribution in [0.3, 0.4) is 0 Å². The van der Waals surface area contributed by atoms with Crippen LogP contribution in [-0.4, -0.2) is 60.8 Å². The number of ether oxygens (including phenoxy) is 1. The summed E-state index contributed by atoms with van der Waals surface area (Å²) < 4.78 is 29.8. The van der Waals surface area contributed by atoms with E-state index in [0.717, 1.165) is 0 Å². The van der Waals surface area contributed by atoms with Gasteiger partial charge in [-0.05, 0) is 39.7 Å². The smallest absolute Gasteiger partial charge is 0.411 e. The number of hydrogen-bond acceptors (Lipinski definition) is 6. The normalized spacial score (nSPS) is 25.4. The summed E-state index contributed by atoms with van der Waals surface area (Å²) in [5, 5.41) is -1.03. The molecule has 1 rings (SSSR count). The maximum absolute atomic E-state index is 13.5. The van der Waals surface area contributed by atoms with E-state index in [1.807, 2.05) is 53.5 Å². The lowest BCUT2D eigenvalue weighted by Gasteiger charge is -2.43. The van der Waals surface area contributed by atoms with Gasteiger partial charge in [0.15, 0.2) is 0 Å². The van der Waals surface area contributed by atoms with Crippen LogP contribution >= 0.6 is 7.60 Å². The third-order valence-electron chi connectivity index (χ3n) is 4.61. The first-order chi connectivity index (χ1) is 11.7. The summed E-state index contributed by atoms with van der Waals surface area (Å²) in [5.41, 5.74) is -0.950.